The number of oxime groups is 1. The molecule has 0 aromatic heterocycles. The minimum Gasteiger partial charge on any atom is -0.456 e. The molecule has 1 fully saturated rings. The van der Waals surface area contributed by atoms with E-state index >= 15 is 0 Å². The van der Waals surface area contributed by atoms with Crippen LogP contribution in [0.15, 0.2) is 5.16 Å². The van der Waals surface area contributed by atoms with Crippen molar-refractivity contribution in [2.24, 2.45) is 5.16 Å². The molecule has 0 aromatic rings. The minimum absolute atomic E-state index is 0.291. The molecule has 1 atom stereocenters. The first-order chi connectivity index (χ1) is 5.74. The van der Waals surface area contributed by atoms with Gasteiger partial charge in [-0.15, -0.1) is 0 Å². The molecule has 1 rings (SSSR count). The number of rotatable bonds is 1. The molecule has 0 spiro atoms. The van der Waals surface area contributed by atoms with E-state index in [9.17, 15) is 4.79 Å². The Labute approximate surface area is 71.2 Å². The molecule has 0 saturated heterocycles. The zero-order valence-electron chi connectivity index (χ0n) is 7.12. The summed E-state index contributed by atoms with van der Waals surface area (Å²) in [4.78, 5) is 10.6. The van der Waals surface area contributed by atoms with Crippen LogP contribution in [0.1, 0.15) is 32.6 Å². The van der Waals surface area contributed by atoms with Crippen molar-refractivity contribution in [2.75, 3.05) is 0 Å². The Hall–Kier alpha value is -1.06. The van der Waals surface area contributed by atoms with Gasteiger partial charge in [-0.1, -0.05) is 5.16 Å². The van der Waals surface area contributed by atoms with Crippen molar-refractivity contribution in [1.29, 1.82) is 0 Å². The van der Waals surface area contributed by atoms with Crippen molar-refractivity contribution in [3.8, 4) is 0 Å². The average Bonchev–Trinajstić information content (AvgIpc) is 2.04. The Morgan fingerprint density at radius 3 is 3.00 bits per heavy atom. The summed E-state index contributed by atoms with van der Waals surface area (Å²) < 4.78 is 4.96. The van der Waals surface area contributed by atoms with Gasteiger partial charge in [0.05, 0.1) is 5.71 Å². The van der Waals surface area contributed by atoms with Gasteiger partial charge in [-0.05, 0) is 25.7 Å². The molecule has 0 bridgehead atoms. The highest BCUT2D eigenvalue weighted by molar-refractivity contribution is 5.90. The lowest BCUT2D eigenvalue weighted by Crippen LogP contribution is -2.29. The predicted molar refractivity (Wildman–Crippen MR) is 43.2 cm³/mol. The molecular weight excluding hydrogens is 158 g/mol. The van der Waals surface area contributed by atoms with Crippen LogP contribution in [0.5, 0.6) is 0 Å². The lowest BCUT2D eigenvalue weighted by Gasteiger charge is -2.21. The van der Waals surface area contributed by atoms with Gasteiger partial charge in [0.15, 0.2) is 0 Å². The Morgan fingerprint density at radius 2 is 2.42 bits per heavy atom. The molecule has 12 heavy (non-hydrogen) atoms. The van der Waals surface area contributed by atoms with Gasteiger partial charge in [-0.25, -0.2) is 0 Å². The molecule has 4 heteroatoms. The fourth-order valence-electron chi connectivity index (χ4n) is 1.41. The molecule has 0 heterocycles. The number of ether oxygens (including phenoxy) is 1. The summed E-state index contributed by atoms with van der Waals surface area (Å²) in [5.74, 6) is -0.317. The van der Waals surface area contributed by atoms with E-state index in [0.717, 1.165) is 25.7 Å². The Kier molecular flexibility index (Phi) is 3.08. The van der Waals surface area contributed by atoms with Gasteiger partial charge in [0.2, 0.25) is 0 Å². The van der Waals surface area contributed by atoms with E-state index in [0.29, 0.717) is 5.71 Å². The smallest absolute Gasteiger partial charge is 0.303 e. The highest BCUT2D eigenvalue weighted by Crippen LogP contribution is 2.18. The third-order valence-electron chi connectivity index (χ3n) is 1.96. The molecule has 0 aliphatic heterocycles. The first kappa shape index (κ1) is 9.03. The molecule has 1 saturated carbocycles. The number of carbonyl (C=O) groups is 1. The molecule has 0 amide bonds. The van der Waals surface area contributed by atoms with Crippen LogP contribution in [0.4, 0.5) is 0 Å². The van der Waals surface area contributed by atoms with Gasteiger partial charge in [0, 0.05) is 6.92 Å². The number of hydrogen-bond donors (Lipinski definition) is 1. The normalized spacial score (nSPS) is 27.1. The quantitative estimate of drug-likeness (QED) is 0.367. The first-order valence-corrected chi connectivity index (χ1v) is 4.12. The summed E-state index contributed by atoms with van der Waals surface area (Å²) in [6.07, 6.45) is 3.25. The van der Waals surface area contributed by atoms with E-state index in [1.54, 1.807) is 0 Å². The van der Waals surface area contributed by atoms with Crippen LogP contribution in [0.25, 0.3) is 0 Å². The van der Waals surface area contributed by atoms with Crippen LogP contribution < -0.4 is 0 Å². The van der Waals surface area contributed by atoms with Gasteiger partial charge in [0.25, 0.3) is 0 Å². The monoisotopic (exact) mass is 171 g/mol. The SMILES string of the molecule is CC(=O)O[C@@H]1CCCC/C1=N/O. The number of esters is 1. The molecule has 1 aliphatic carbocycles. The maximum absolute atomic E-state index is 10.6. The third kappa shape index (κ3) is 2.22. The Morgan fingerprint density at radius 1 is 1.67 bits per heavy atom. The van der Waals surface area contributed by atoms with Gasteiger partial charge in [0.1, 0.15) is 6.10 Å². The maximum Gasteiger partial charge on any atom is 0.303 e. The van der Waals surface area contributed by atoms with Gasteiger partial charge in [-0.2, -0.15) is 0 Å². The van der Waals surface area contributed by atoms with Gasteiger partial charge in [-0.3, -0.25) is 4.79 Å². The second-order valence-electron chi connectivity index (χ2n) is 2.94. The van der Waals surface area contributed by atoms with E-state index in [-0.39, 0.29) is 12.1 Å². The fourth-order valence-corrected chi connectivity index (χ4v) is 1.41. The van der Waals surface area contributed by atoms with E-state index in [1.807, 2.05) is 0 Å². The van der Waals surface area contributed by atoms with Crippen LogP contribution >= 0.6 is 0 Å². The van der Waals surface area contributed by atoms with Crippen molar-refractivity contribution in [3.05, 3.63) is 0 Å². The Balaban J connectivity index is 2.53. The number of hydrogen-bond acceptors (Lipinski definition) is 4. The van der Waals surface area contributed by atoms with E-state index in [2.05, 4.69) is 5.16 Å². The van der Waals surface area contributed by atoms with E-state index < -0.39 is 0 Å². The van der Waals surface area contributed by atoms with Crippen LogP contribution in [-0.4, -0.2) is 23.0 Å². The number of nitrogens with zero attached hydrogens (tertiary/aromatic N) is 1. The average molecular weight is 171 g/mol. The lowest BCUT2D eigenvalue weighted by atomic mass is 9.95. The van der Waals surface area contributed by atoms with Crippen LogP contribution in [0.2, 0.25) is 0 Å². The highest BCUT2D eigenvalue weighted by atomic mass is 16.5. The first-order valence-electron chi connectivity index (χ1n) is 4.12. The molecule has 0 aromatic carbocycles. The Bertz CT molecular complexity index is 200. The predicted octanol–water partition coefficient (Wildman–Crippen LogP) is 1.32. The van der Waals surface area contributed by atoms with Gasteiger partial charge < -0.3 is 9.94 Å². The van der Waals surface area contributed by atoms with Crippen molar-refractivity contribution >= 4 is 11.7 Å². The molecule has 68 valence electrons. The van der Waals surface area contributed by atoms with Crippen molar-refractivity contribution < 1.29 is 14.7 Å². The molecular formula is C8H13NO3. The van der Waals surface area contributed by atoms with Crippen molar-refractivity contribution in [2.45, 2.75) is 38.7 Å². The maximum atomic E-state index is 10.6. The van der Waals surface area contributed by atoms with Crippen LogP contribution in [-0.2, 0) is 9.53 Å². The van der Waals surface area contributed by atoms with Crippen LogP contribution in [0.3, 0.4) is 0 Å². The summed E-state index contributed by atoms with van der Waals surface area (Å²) >= 11 is 0. The second-order valence-corrected chi connectivity index (χ2v) is 2.94. The molecule has 4 nitrogen and oxygen atoms in total. The summed E-state index contributed by atoms with van der Waals surface area (Å²) in [5.41, 5.74) is 0.594. The molecule has 1 aliphatic rings. The van der Waals surface area contributed by atoms with Gasteiger partial charge >= 0.3 is 5.97 Å². The number of carbonyl (C=O) groups excluding carboxylic acids is 1. The zero-order valence-corrected chi connectivity index (χ0v) is 7.12. The van der Waals surface area contributed by atoms with Crippen molar-refractivity contribution in [1.82, 2.24) is 0 Å². The molecule has 0 radical (unpaired) electrons. The standard InChI is InChI=1S/C8H13NO3/c1-6(10)12-8-5-3-2-4-7(8)9-11/h8,11H,2-5H2,1H3/b9-7-/t8-/m1/s1. The second kappa shape index (κ2) is 4.09. The molecule has 0 unspecified atom stereocenters. The minimum atomic E-state index is -0.317. The van der Waals surface area contributed by atoms with E-state index in [1.165, 1.54) is 6.92 Å². The fraction of sp³-hybridized carbons (Fsp3) is 0.750. The van der Waals surface area contributed by atoms with Crippen LogP contribution in [0, 0.1) is 0 Å². The van der Waals surface area contributed by atoms with E-state index in [4.69, 9.17) is 9.94 Å². The topological polar surface area (TPSA) is 58.9 Å². The van der Waals surface area contributed by atoms with Crippen molar-refractivity contribution in [3.63, 3.8) is 0 Å². The third-order valence-corrected chi connectivity index (χ3v) is 1.96. The summed E-state index contributed by atoms with van der Waals surface area (Å²) in [7, 11) is 0. The highest BCUT2D eigenvalue weighted by Gasteiger charge is 2.23. The lowest BCUT2D eigenvalue weighted by molar-refractivity contribution is -0.143. The summed E-state index contributed by atoms with van der Waals surface area (Å²) in [5, 5.41) is 11.7. The summed E-state index contributed by atoms with van der Waals surface area (Å²) in [6, 6.07) is 0. The summed E-state index contributed by atoms with van der Waals surface area (Å²) in [6.45, 7) is 1.36. The largest absolute Gasteiger partial charge is 0.456 e. The molecule has 1 N–H and O–H groups in total. The zero-order chi connectivity index (χ0) is 8.97.